The molecule has 2 aromatic carbocycles. The van der Waals surface area contributed by atoms with Crippen LogP contribution in [0.5, 0.6) is 11.5 Å². The van der Waals surface area contributed by atoms with Gasteiger partial charge >= 0.3 is 6.09 Å². The van der Waals surface area contributed by atoms with E-state index in [9.17, 15) is 4.79 Å². The number of hydrogen-bond donors (Lipinski definition) is 1. The van der Waals surface area contributed by atoms with E-state index in [4.69, 9.17) is 38.0 Å². The summed E-state index contributed by atoms with van der Waals surface area (Å²) in [5.41, 5.74) is 1.01. The predicted molar refractivity (Wildman–Crippen MR) is 131 cm³/mol. The predicted octanol–water partition coefficient (Wildman–Crippen LogP) is 4.09. The lowest BCUT2D eigenvalue weighted by molar-refractivity contribution is 0.0997. The van der Waals surface area contributed by atoms with Gasteiger partial charge in [0.05, 0.1) is 13.7 Å². The van der Waals surface area contributed by atoms with Gasteiger partial charge in [0.1, 0.15) is 18.1 Å². The van der Waals surface area contributed by atoms with E-state index in [1.54, 1.807) is 7.11 Å². The summed E-state index contributed by atoms with van der Waals surface area (Å²) in [5, 5.41) is 4.73. The van der Waals surface area contributed by atoms with Crippen LogP contribution in [0.4, 0.5) is 4.79 Å². The summed E-state index contributed by atoms with van der Waals surface area (Å²) in [4.78, 5) is 16.4. The van der Waals surface area contributed by atoms with E-state index in [-0.39, 0.29) is 18.2 Å². The van der Waals surface area contributed by atoms with Crippen molar-refractivity contribution in [3.05, 3.63) is 59.1 Å². The fraction of sp³-hybridized carbons (Fsp3) is 0.417. The molecule has 2 fully saturated rings. The molecule has 2 saturated heterocycles. The molecular formula is C24H28ClN3O4S. The van der Waals surface area contributed by atoms with Gasteiger partial charge in [-0.2, -0.15) is 0 Å². The minimum Gasteiger partial charge on any atom is -0.497 e. The lowest BCUT2D eigenvalue weighted by Crippen LogP contribution is -2.49. The Labute approximate surface area is 204 Å². The van der Waals surface area contributed by atoms with E-state index in [2.05, 4.69) is 10.2 Å². The van der Waals surface area contributed by atoms with Crippen molar-refractivity contribution in [3.8, 4) is 11.5 Å². The Bertz CT molecular complexity index is 966. The lowest BCUT2D eigenvalue weighted by atomic mass is 10.0. The quantitative estimate of drug-likeness (QED) is 0.588. The maximum atomic E-state index is 12.5. The van der Waals surface area contributed by atoms with Crippen LogP contribution in [0.1, 0.15) is 18.4 Å². The highest BCUT2D eigenvalue weighted by Crippen LogP contribution is 2.24. The number of likely N-dealkylation sites (tertiary alicyclic amines) is 1. The Balaban J connectivity index is 1.21. The summed E-state index contributed by atoms with van der Waals surface area (Å²) >= 11 is 11.8. The number of piperidine rings is 1. The van der Waals surface area contributed by atoms with Gasteiger partial charge in [-0.15, -0.1) is 0 Å². The first-order chi connectivity index (χ1) is 16.0. The number of benzene rings is 2. The van der Waals surface area contributed by atoms with Crippen molar-refractivity contribution in [2.24, 2.45) is 0 Å². The van der Waals surface area contributed by atoms with Gasteiger partial charge in [0.2, 0.25) is 0 Å². The average Bonchev–Trinajstić information content (AvgIpc) is 3.23. The maximum absolute atomic E-state index is 12.5. The standard InChI is InChI=1S/C24H28ClN3O4S/c1-30-19-6-8-20(9-7-19)31-16-21-15-28(24(29)32-21)18-10-12-27(13-11-18)23(33)26-14-17-4-2-3-5-22(17)25/h2-9,18,21H,10-16H2,1H3,(H,26,33). The maximum Gasteiger partial charge on any atom is 0.410 e. The summed E-state index contributed by atoms with van der Waals surface area (Å²) < 4.78 is 16.5. The number of ether oxygens (including phenoxy) is 3. The van der Waals surface area contributed by atoms with Crippen molar-refractivity contribution in [1.29, 1.82) is 0 Å². The second-order valence-corrected chi connectivity index (χ2v) is 8.91. The van der Waals surface area contributed by atoms with Crippen LogP contribution in [0.3, 0.4) is 0 Å². The van der Waals surface area contributed by atoms with E-state index >= 15 is 0 Å². The Hall–Kier alpha value is -2.71. The SMILES string of the molecule is COc1ccc(OCC2CN(C3CCN(C(=S)NCc4ccccc4Cl)CC3)C(=O)O2)cc1. The number of thiocarbonyl (C=S) groups is 1. The highest BCUT2D eigenvalue weighted by molar-refractivity contribution is 7.80. The third kappa shape index (κ3) is 6.00. The fourth-order valence-electron chi connectivity index (χ4n) is 4.09. The normalized spacial score (nSPS) is 18.7. The van der Waals surface area contributed by atoms with Gasteiger partial charge in [-0.25, -0.2) is 4.79 Å². The van der Waals surface area contributed by atoms with Crippen LogP contribution in [-0.4, -0.2) is 66.5 Å². The number of methoxy groups -OCH3 is 1. The molecular weight excluding hydrogens is 462 g/mol. The van der Waals surface area contributed by atoms with E-state index in [0.717, 1.165) is 48.0 Å². The Morgan fingerprint density at radius 2 is 1.85 bits per heavy atom. The summed E-state index contributed by atoms with van der Waals surface area (Å²) in [6.45, 7) is 3.02. The van der Waals surface area contributed by atoms with Gasteiger partial charge in [-0.05, 0) is 61.0 Å². The number of halogens is 1. The summed E-state index contributed by atoms with van der Waals surface area (Å²) in [6, 6.07) is 15.2. The van der Waals surface area contributed by atoms with Crippen LogP contribution < -0.4 is 14.8 Å². The second-order valence-electron chi connectivity index (χ2n) is 8.11. The molecule has 7 nitrogen and oxygen atoms in total. The Morgan fingerprint density at radius 3 is 2.55 bits per heavy atom. The van der Waals surface area contributed by atoms with Crippen molar-refractivity contribution < 1.29 is 19.0 Å². The topological polar surface area (TPSA) is 63.3 Å². The van der Waals surface area contributed by atoms with Gasteiger partial charge in [-0.3, -0.25) is 0 Å². The second kappa shape index (κ2) is 10.9. The Morgan fingerprint density at radius 1 is 1.15 bits per heavy atom. The molecule has 1 amide bonds. The van der Waals surface area contributed by atoms with E-state index in [0.29, 0.717) is 24.8 Å². The molecule has 176 valence electrons. The zero-order valence-electron chi connectivity index (χ0n) is 18.5. The third-order valence-corrected chi connectivity index (χ3v) is 6.75. The number of rotatable bonds is 7. The molecule has 9 heteroatoms. The van der Waals surface area contributed by atoms with Crippen LogP contribution in [0.25, 0.3) is 0 Å². The van der Waals surface area contributed by atoms with Crippen LogP contribution in [0, 0.1) is 0 Å². The van der Waals surface area contributed by atoms with Crippen molar-refractivity contribution in [2.45, 2.75) is 31.5 Å². The molecule has 2 aromatic rings. The smallest absolute Gasteiger partial charge is 0.410 e. The number of cyclic esters (lactones) is 1. The molecule has 2 aliphatic rings. The number of amides is 1. The number of nitrogens with one attached hydrogen (secondary N) is 1. The molecule has 1 unspecified atom stereocenters. The largest absolute Gasteiger partial charge is 0.497 e. The highest BCUT2D eigenvalue weighted by atomic mass is 35.5. The first-order valence-electron chi connectivity index (χ1n) is 11.0. The molecule has 0 spiro atoms. The molecule has 2 heterocycles. The highest BCUT2D eigenvalue weighted by Gasteiger charge is 2.38. The number of nitrogens with zero attached hydrogens (tertiary/aromatic N) is 2. The molecule has 0 radical (unpaired) electrons. The minimum atomic E-state index is -0.281. The molecule has 1 N–H and O–H groups in total. The first-order valence-corrected chi connectivity index (χ1v) is 11.8. The first kappa shape index (κ1) is 23.4. The monoisotopic (exact) mass is 489 g/mol. The van der Waals surface area contributed by atoms with Gasteiger partial charge in [0, 0.05) is 30.7 Å². The number of hydrogen-bond acceptors (Lipinski definition) is 5. The average molecular weight is 490 g/mol. The van der Waals surface area contributed by atoms with Crippen LogP contribution in [-0.2, 0) is 11.3 Å². The van der Waals surface area contributed by atoms with Crippen LogP contribution >= 0.6 is 23.8 Å². The van der Waals surface area contributed by atoms with E-state index in [1.165, 1.54) is 0 Å². The van der Waals surface area contributed by atoms with Crippen molar-refractivity contribution in [1.82, 2.24) is 15.1 Å². The lowest BCUT2D eigenvalue weighted by Gasteiger charge is -2.37. The molecule has 0 bridgehead atoms. The van der Waals surface area contributed by atoms with Gasteiger partial charge in [-0.1, -0.05) is 29.8 Å². The van der Waals surface area contributed by atoms with Crippen LogP contribution in [0.15, 0.2) is 48.5 Å². The third-order valence-electron chi connectivity index (χ3n) is 5.98. The summed E-state index contributed by atoms with van der Waals surface area (Å²) in [7, 11) is 1.62. The fourth-order valence-corrected chi connectivity index (χ4v) is 4.55. The van der Waals surface area contributed by atoms with Crippen molar-refractivity contribution in [2.75, 3.05) is 33.4 Å². The molecule has 0 aromatic heterocycles. The molecule has 33 heavy (non-hydrogen) atoms. The zero-order chi connectivity index (χ0) is 23.2. The summed E-state index contributed by atoms with van der Waals surface area (Å²) in [5.74, 6) is 1.49. The number of carbonyl (C=O) groups excluding carboxylic acids is 1. The molecule has 0 aliphatic carbocycles. The molecule has 0 saturated carbocycles. The molecule has 4 rings (SSSR count). The van der Waals surface area contributed by atoms with Crippen molar-refractivity contribution >= 4 is 35.0 Å². The van der Waals surface area contributed by atoms with Gasteiger partial charge in [0.15, 0.2) is 11.2 Å². The summed E-state index contributed by atoms with van der Waals surface area (Å²) in [6.07, 6.45) is 1.14. The Kier molecular flexibility index (Phi) is 7.77. The van der Waals surface area contributed by atoms with E-state index in [1.807, 2.05) is 53.4 Å². The minimum absolute atomic E-state index is 0.145. The van der Waals surface area contributed by atoms with Gasteiger partial charge in [0.25, 0.3) is 0 Å². The number of carbonyl (C=O) groups is 1. The molecule has 1 atom stereocenters. The zero-order valence-corrected chi connectivity index (χ0v) is 20.1. The van der Waals surface area contributed by atoms with Crippen molar-refractivity contribution in [3.63, 3.8) is 0 Å². The van der Waals surface area contributed by atoms with E-state index < -0.39 is 0 Å². The molecule has 2 aliphatic heterocycles. The van der Waals surface area contributed by atoms with Crippen LogP contribution in [0.2, 0.25) is 5.02 Å². The van der Waals surface area contributed by atoms with Gasteiger partial charge < -0.3 is 29.3 Å².